The van der Waals surface area contributed by atoms with Crippen LogP contribution in [-0.2, 0) is 20.2 Å². The summed E-state index contributed by atoms with van der Waals surface area (Å²) in [5, 5.41) is 0. The zero-order chi connectivity index (χ0) is 15.9. The van der Waals surface area contributed by atoms with Gasteiger partial charge in [-0.25, -0.2) is 8.42 Å². The number of sulfonamides is 1. The summed E-state index contributed by atoms with van der Waals surface area (Å²) in [4.78, 5) is -0.575. The quantitative estimate of drug-likeness (QED) is 0.776. The summed E-state index contributed by atoms with van der Waals surface area (Å²) in [7, 11) is -8.51. The normalized spacial score (nSPS) is 20.3. The number of hydrogen-bond acceptors (Lipinski definition) is 5. The highest BCUT2D eigenvalue weighted by Crippen LogP contribution is 2.32. The Hall–Kier alpha value is -0.640. The van der Waals surface area contributed by atoms with Crippen LogP contribution in [0.1, 0.15) is 13.8 Å². The van der Waals surface area contributed by atoms with Crippen LogP contribution in [0.5, 0.6) is 0 Å². The maximum absolute atomic E-state index is 12.8. The third-order valence-electron chi connectivity index (χ3n) is 3.13. The predicted molar refractivity (Wildman–Crippen MR) is 80.0 cm³/mol. The molecule has 1 fully saturated rings. The van der Waals surface area contributed by atoms with Crippen LogP contribution in [0.2, 0.25) is 0 Å². The Morgan fingerprint density at radius 2 is 1.62 bits per heavy atom. The highest BCUT2D eigenvalue weighted by Gasteiger charge is 2.34. The van der Waals surface area contributed by atoms with Crippen LogP contribution in [0, 0.1) is 0 Å². The first-order valence-electron chi connectivity index (χ1n) is 6.21. The monoisotopic (exact) mass is 353 g/mol. The molecule has 0 saturated carbocycles. The van der Waals surface area contributed by atoms with Crippen molar-refractivity contribution in [1.82, 2.24) is 4.31 Å². The average Bonchev–Trinajstić information content (AvgIpc) is 2.36. The van der Waals surface area contributed by atoms with Gasteiger partial charge in [0, 0.05) is 23.6 Å². The lowest BCUT2D eigenvalue weighted by Crippen LogP contribution is -2.46. The Bertz CT molecular complexity index is 726. The van der Waals surface area contributed by atoms with Crippen molar-refractivity contribution < 1.29 is 20.7 Å². The molecule has 21 heavy (non-hydrogen) atoms. The topological polar surface area (TPSA) is 71.5 Å². The molecule has 9 heteroatoms. The number of rotatable bonds is 3. The molecule has 1 heterocycles. The van der Waals surface area contributed by atoms with Gasteiger partial charge in [-0.15, -0.1) is 3.89 Å². The second-order valence-corrected chi connectivity index (χ2v) is 10.4. The van der Waals surface area contributed by atoms with Crippen molar-refractivity contribution in [2.24, 2.45) is 0 Å². The number of halogens is 1. The molecule has 0 amide bonds. The molecule has 2 rings (SSSR count). The van der Waals surface area contributed by atoms with Gasteiger partial charge in [-0.2, -0.15) is 24.5 Å². The highest BCUT2D eigenvalue weighted by molar-refractivity contribution is 8.00. The average molecular weight is 353 g/mol. The predicted octanol–water partition coefficient (Wildman–Crippen LogP) is 1.86. The van der Waals surface area contributed by atoms with E-state index in [1.54, 1.807) is 11.8 Å². The number of nitrogens with zero attached hydrogens (tertiary/aromatic N) is 1. The fraction of sp³-hybridized carbons (Fsp3) is 0.500. The van der Waals surface area contributed by atoms with Gasteiger partial charge in [0.1, 0.15) is 0 Å². The third-order valence-corrected chi connectivity index (χ3v) is 7.13. The van der Waals surface area contributed by atoms with Crippen molar-refractivity contribution in [2.45, 2.75) is 28.4 Å². The minimum Gasteiger partial charge on any atom is -0.207 e. The Balaban J connectivity index is 2.32. The largest absolute Gasteiger partial charge is 0.332 e. The summed E-state index contributed by atoms with van der Waals surface area (Å²) in [5.74, 6) is 0.698. The van der Waals surface area contributed by atoms with Crippen molar-refractivity contribution in [3.8, 4) is 0 Å². The van der Waals surface area contributed by atoms with E-state index in [4.69, 9.17) is 0 Å². The van der Waals surface area contributed by atoms with E-state index in [-0.39, 0.29) is 9.64 Å². The zero-order valence-corrected chi connectivity index (χ0v) is 14.1. The van der Waals surface area contributed by atoms with Gasteiger partial charge >= 0.3 is 10.2 Å². The molecule has 0 bridgehead atoms. The maximum atomic E-state index is 12.8. The van der Waals surface area contributed by atoms with E-state index in [1.807, 2.05) is 13.8 Å². The standard InChI is InChI=1S/C12H16FNO4S3/c1-12(2)9-14(7-8-19-12)21(17,18)11-5-3-10(4-6-11)20(13,15)16/h3-6H,7-9H2,1-2H3. The molecule has 1 aliphatic heterocycles. The lowest BCUT2D eigenvalue weighted by Gasteiger charge is -2.36. The lowest BCUT2D eigenvalue weighted by atomic mass is 10.2. The highest BCUT2D eigenvalue weighted by atomic mass is 32.3. The summed E-state index contributed by atoms with van der Waals surface area (Å²) in [6.07, 6.45) is 0. The first-order chi connectivity index (χ1) is 9.52. The van der Waals surface area contributed by atoms with E-state index >= 15 is 0 Å². The van der Waals surface area contributed by atoms with Gasteiger partial charge in [0.2, 0.25) is 10.0 Å². The van der Waals surface area contributed by atoms with E-state index in [1.165, 1.54) is 4.31 Å². The minimum atomic E-state index is -4.82. The fourth-order valence-electron chi connectivity index (χ4n) is 2.10. The minimum absolute atomic E-state index is 0.0300. The van der Waals surface area contributed by atoms with E-state index in [9.17, 15) is 20.7 Å². The smallest absolute Gasteiger partial charge is 0.207 e. The van der Waals surface area contributed by atoms with Crippen LogP contribution >= 0.6 is 11.8 Å². The van der Waals surface area contributed by atoms with Gasteiger partial charge in [-0.1, -0.05) is 0 Å². The van der Waals surface area contributed by atoms with Crippen LogP contribution in [-0.4, -0.2) is 44.7 Å². The maximum Gasteiger partial charge on any atom is 0.332 e. The molecule has 1 aromatic carbocycles. The van der Waals surface area contributed by atoms with Crippen LogP contribution in [0.3, 0.4) is 0 Å². The fourth-order valence-corrected chi connectivity index (χ4v) is 5.47. The Kier molecular flexibility index (Phi) is 4.40. The van der Waals surface area contributed by atoms with Crippen LogP contribution in [0.15, 0.2) is 34.1 Å². The van der Waals surface area contributed by atoms with E-state index in [0.717, 1.165) is 24.3 Å². The summed E-state index contributed by atoms with van der Waals surface area (Å²) in [6.45, 7) is 4.72. The second kappa shape index (κ2) is 5.53. The van der Waals surface area contributed by atoms with Crippen molar-refractivity contribution in [3.63, 3.8) is 0 Å². The third kappa shape index (κ3) is 3.77. The first kappa shape index (κ1) is 16.7. The Morgan fingerprint density at radius 3 is 2.10 bits per heavy atom. The van der Waals surface area contributed by atoms with Crippen LogP contribution < -0.4 is 0 Å². The van der Waals surface area contributed by atoms with Crippen molar-refractivity contribution in [3.05, 3.63) is 24.3 Å². The van der Waals surface area contributed by atoms with E-state index in [2.05, 4.69) is 0 Å². The zero-order valence-electron chi connectivity index (χ0n) is 11.6. The van der Waals surface area contributed by atoms with Crippen molar-refractivity contribution in [1.29, 1.82) is 0 Å². The first-order valence-corrected chi connectivity index (χ1v) is 10.0. The van der Waals surface area contributed by atoms with Gasteiger partial charge < -0.3 is 0 Å². The molecular formula is C12H16FNO4S3. The summed E-state index contributed by atoms with van der Waals surface area (Å²) in [6, 6.07) is 4.17. The molecule has 1 aromatic rings. The molecular weight excluding hydrogens is 337 g/mol. The summed E-state index contributed by atoms with van der Waals surface area (Å²) < 4.78 is 60.5. The second-order valence-electron chi connectivity index (χ2n) is 5.36. The van der Waals surface area contributed by atoms with Gasteiger partial charge in [0.05, 0.1) is 9.79 Å². The summed E-state index contributed by atoms with van der Waals surface area (Å²) in [5.41, 5.74) is 0. The lowest BCUT2D eigenvalue weighted by molar-refractivity contribution is 0.387. The molecule has 0 spiro atoms. The van der Waals surface area contributed by atoms with Crippen LogP contribution in [0.25, 0.3) is 0 Å². The molecule has 0 N–H and O–H groups in total. The molecule has 1 saturated heterocycles. The van der Waals surface area contributed by atoms with E-state index < -0.39 is 25.1 Å². The van der Waals surface area contributed by atoms with E-state index in [0.29, 0.717) is 18.8 Å². The molecule has 0 unspecified atom stereocenters. The van der Waals surface area contributed by atoms with Gasteiger partial charge in [-0.05, 0) is 38.1 Å². The Labute approximate surface area is 128 Å². The van der Waals surface area contributed by atoms with Gasteiger partial charge in [0.25, 0.3) is 0 Å². The SMILES string of the molecule is CC1(C)CN(S(=O)(=O)c2ccc(S(=O)(=O)F)cc2)CCS1. The van der Waals surface area contributed by atoms with Crippen LogP contribution in [0.4, 0.5) is 3.89 Å². The van der Waals surface area contributed by atoms with Gasteiger partial charge in [-0.3, -0.25) is 0 Å². The molecule has 0 aliphatic carbocycles. The molecule has 1 aliphatic rings. The molecule has 0 aromatic heterocycles. The molecule has 0 atom stereocenters. The molecule has 0 radical (unpaired) electrons. The van der Waals surface area contributed by atoms with Crippen molar-refractivity contribution in [2.75, 3.05) is 18.8 Å². The van der Waals surface area contributed by atoms with Crippen molar-refractivity contribution >= 4 is 32.0 Å². The molecule has 5 nitrogen and oxygen atoms in total. The molecule has 118 valence electrons. The number of benzene rings is 1. The number of thioether (sulfide) groups is 1. The Morgan fingerprint density at radius 1 is 1.10 bits per heavy atom. The van der Waals surface area contributed by atoms with Gasteiger partial charge in [0.15, 0.2) is 0 Å². The number of hydrogen-bond donors (Lipinski definition) is 0. The summed E-state index contributed by atoms with van der Waals surface area (Å²) >= 11 is 1.71.